The van der Waals surface area contributed by atoms with E-state index in [9.17, 15) is 10.2 Å². The predicted octanol–water partition coefficient (Wildman–Crippen LogP) is 2.98. The summed E-state index contributed by atoms with van der Waals surface area (Å²) in [4.78, 5) is 2.08. The van der Waals surface area contributed by atoms with Crippen molar-refractivity contribution < 1.29 is 19.7 Å². The van der Waals surface area contributed by atoms with E-state index < -0.39 is 18.1 Å². The molecule has 0 bridgehead atoms. The minimum absolute atomic E-state index is 0.0181. The van der Waals surface area contributed by atoms with Gasteiger partial charge in [0.15, 0.2) is 5.76 Å². The van der Waals surface area contributed by atoms with Gasteiger partial charge in [-0.2, -0.15) is 0 Å². The van der Waals surface area contributed by atoms with Gasteiger partial charge in [0, 0.05) is 17.5 Å². The van der Waals surface area contributed by atoms with Crippen molar-refractivity contribution in [1.29, 1.82) is 0 Å². The maximum absolute atomic E-state index is 10.0. The normalized spacial score (nSPS) is 27.0. The van der Waals surface area contributed by atoms with Crippen LogP contribution in [-0.4, -0.2) is 20.3 Å². The van der Waals surface area contributed by atoms with Crippen LogP contribution in [0.1, 0.15) is 19.6 Å². The number of nitrogens with zero attached hydrogens (tertiary/aromatic N) is 1. The molecule has 2 atom stereocenters. The van der Waals surface area contributed by atoms with E-state index in [-0.39, 0.29) is 23.0 Å². The molecule has 1 aromatic rings. The molecule has 3 rings (SSSR count). The third kappa shape index (κ3) is 2.07. The highest BCUT2D eigenvalue weighted by Gasteiger charge is 2.40. The van der Waals surface area contributed by atoms with Gasteiger partial charge in [0.25, 0.3) is 5.88 Å². The van der Waals surface area contributed by atoms with Gasteiger partial charge in [-0.3, -0.25) is 4.90 Å². The van der Waals surface area contributed by atoms with Crippen molar-refractivity contribution in [2.75, 3.05) is 4.90 Å². The summed E-state index contributed by atoms with van der Waals surface area (Å²) in [7, 11) is 0. The fourth-order valence-corrected chi connectivity index (χ4v) is 3.40. The molecule has 0 amide bonds. The summed E-state index contributed by atoms with van der Waals surface area (Å²) in [6, 6.07) is 0. The molecule has 0 spiro atoms. The number of hydrogen-bond acceptors (Lipinski definition) is 5. The number of rotatable bonds is 2. The molecule has 0 saturated heterocycles. The van der Waals surface area contributed by atoms with Crippen molar-refractivity contribution in [2.24, 2.45) is 11.3 Å². The molecule has 0 fully saturated rings. The Balaban J connectivity index is 2.05. The van der Waals surface area contributed by atoms with Crippen LogP contribution in [0.2, 0.25) is 0 Å². The lowest BCUT2D eigenvalue weighted by Crippen LogP contribution is -2.42. The van der Waals surface area contributed by atoms with Gasteiger partial charge in [-0.15, -0.1) is 0 Å². The van der Waals surface area contributed by atoms with Gasteiger partial charge in [-0.1, -0.05) is 49.0 Å². The van der Waals surface area contributed by atoms with E-state index in [4.69, 9.17) is 21.7 Å². The second-order valence-corrected chi connectivity index (χ2v) is 6.22. The summed E-state index contributed by atoms with van der Waals surface area (Å²) in [6.45, 7) is 3.61. The third-order valence-electron chi connectivity index (χ3n) is 4.12. The number of aliphatic hydroxyl groups excluding tert-OH is 1. The number of furan rings is 1. The van der Waals surface area contributed by atoms with Gasteiger partial charge in [0.1, 0.15) is 6.61 Å². The average molecular weight is 319 g/mol. The number of hydrogen-bond donors (Lipinski definition) is 3. The van der Waals surface area contributed by atoms with Crippen molar-refractivity contribution in [3.05, 3.63) is 41.8 Å². The van der Waals surface area contributed by atoms with Crippen LogP contribution in [0.5, 0.6) is 11.5 Å². The first kappa shape index (κ1) is 14.9. The first-order valence-corrected chi connectivity index (χ1v) is 7.33. The van der Waals surface area contributed by atoms with E-state index in [2.05, 4.69) is 13.0 Å². The second kappa shape index (κ2) is 5.00. The molecule has 0 aromatic carbocycles. The Bertz CT molecular complexity index is 731. The molecule has 1 aliphatic heterocycles. The fraction of sp³-hybridized carbons (Fsp3) is 0.312. The molecule has 3 N–H and O–H groups in total. The monoisotopic (exact) mass is 319 g/mol. The quantitative estimate of drug-likeness (QED) is 0.728. The zero-order valence-electron chi connectivity index (χ0n) is 12.3. The molecule has 5 nitrogen and oxygen atoms in total. The maximum Gasteiger partial charge on any atom is 0.251 e. The Hall–Kier alpha value is -2.05. The summed E-state index contributed by atoms with van der Waals surface area (Å²) in [5, 5.41) is 28.9. The van der Waals surface area contributed by atoms with Gasteiger partial charge in [-0.25, -0.2) is 0 Å². The zero-order chi connectivity index (χ0) is 16.1. The summed E-state index contributed by atoms with van der Waals surface area (Å²) in [6.07, 6.45) is 9.89. The van der Waals surface area contributed by atoms with Crippen molar-refractivity contribution in [1.82, 2.24) is 0 Å². The van der Waals surface area contributed by atoms with E-state index in [0.717, 1.165) is 0 Å². The second-order valence-electron chi connectivity index (χ2n) is 5.80. The molecule has 2 heterocycles. The van der Waals surface area contributed by atoms with E-state index in [1.807, 2.05) is 25.2 Å². The lowest BCUT2D eigenvalue weighted by atomic mass is 9.71. The van der Waals surface area contributed by atoms with Crippen LogP contribution in [0.4, 0.5) is 5.88 Å². The molecule has 1 aromatic heterocycles. The van der Waals surface area contributed by atoms with Crippen molar-refractivity contribution >= 4 is 23.1 Å². The Morgan fingerprint density at radius 1 is 1.36 bits per heavy atom. The van der Waals surface area contributed by atoms with Crippen LogP contribution in [0.15, 0.2) is 40.5 Å². The van der Waals surface area contributed by atoms with Crippen molar-refractivity contribution in [2.45, 2.75) is 20.5 Å². The number of aromatic hydroxyl groups is 2. The van der Waals surface area contributed by atoms with E-state index in [1.54, 1.807) is 6.20 Å². The molecule has 1 aliphatic carbocycles. The highest BCUT2D eigenvalue weighted by molar-refractivity contribution is 7.80. The number of anilines is 1. The first-order valence-electron chi connectivity index (χ1n) is 6.92. The zero-order valence-corrected chi connectivity index (χ0v) is 13.1. The summed E-state index contributed by atoms with van der Waals surface area (Å²) < 4.78 is 5.34. The summed E-state index contributed by atoms with van der Waals surface area (Å²) in [5.74, 6) is -1.01. The molecule has 6 heteroatoms. The Labute approximate surface area is 133 Å². The molecular weight excluding hydrogens is 302 g/mol. The standard InChI is InChI=1S/C16H17NO4S/c1-9-3-4-10-15(22)17(6-5-16(10,2)7-9)14-13(20)12(19)11(8-18)21-14/h3-7,10,18-20H,8H2,1-2H3. The van der Waals surface area contributed by atoms with Crippen LogP contribution in [0.25, 0.3) is 0 Å². The maximum atomic E-state index is 10.0. The van der Waals surface area contributed by atoms with Gasteiger partial charge >= 0.3 is 0 Å². The Morgan fingerprint density at radius 2 is 2.09 bits per heavy atom. The van der Waals surface area contributed by atoms with Crippen molar-refractivity contribution in [3.63, 3.8) is 0 Å². The molecule has 0 radical (unpaired) electrons. The van der Waals surface area contributed by atoms with Crippen LogP contribution < -0.4 is 4.90 Å². The third-order valence-corrected chi connectivity index (χ3v) is 4.57. The fourth-order valence-electron chi connectivity index (χ4n) is 2.93. The van der Waals surface area contributed by atoms with Gasteiger partial charge < -0.3 is 19.7 Å². The minimum Gasteiger partial charge on any atom is -0.502 e. The summed E-state index contributed by atoms with van der Waals surface area (Å²) in [5.41, 5.74) is 0.942. The number of fused-ring (bicyclic) bond motifs is 1. The first-order chi connectivity index (χ1) is 10.4. The topological polar surface area (TPSA) is 77.1 Å². The SMILES string of the molecule is CC1=CC2(C)C=CN(c3oc(CO)c(O)c3O)C(=S)C2C=C1. The molecule has 116 valence electrons. The number of allylic oxidation sites excluding steroid dienone is 4. The molecular formula is C16H17NO4S. The average Bonchev–Trinajstić information content (AvgIpc) is 2.75. The van der Waals surface area contributed by atoms with Crippen LogP contribution in [0, 0.1) is 11.3 Å². The molecule has 0 saturated carbocycles. The number of aliphatic hydroxyl groups is 1. The van der Waals surface area contributed by atoms with Gasteiger partial charge in [-0.05, 0) is 6.92 Å². The minimum atomic E-state index is -0.507. The van der Waals surface area contributed by atoms with Gasteiger partial charge in [0.05, 0.1) is 4.99 Å². The van der Waals surface area contributed by atoms with E-state index >= 15 is 0 Å². The highest BCUT2D eigenvalue weighted by atomic mass is 32.1. The lowest BCUT2D eigenvalue weighted by molar-refractivity contribution is 0.240. The molecule has 22 heavy (non-hydrogen) atoms. The van der Waals surface area contributed by atoms with E-state index in [0.29, 0.717) is 4.99 Å². The predicted molar refractivity (Wildman–Crippen MR) is 86.7 cm³/mol. The Kier molecular flexibility index (Phi) is 3.38. The lowest BCUT2D eigenvalue weighted by Gasteiger charge is -2.40. The number of thiocarbonyl (C=S) groups is 1. The Morgan fingerprint density at radius 3 is 2.73 bits per heavy atom. The molecule has 2 unspecified atom stereocenters. The summed E-state index contributed by atoms with van der Waals surface area (Å²) >= 11 is 5.54. The van der Waals surface area contributed by atoms with Crippen LogP contribution in [-0.2, 0) is 6.61 Å². The van der Waals surface area contributed by atoms with Crippen molar-refractivity contribution in [3.8, 4) is 11.5 Å². The molecule has 2 aliphatic rings. The van der Waals surface area contributed by atoms with Crippen LogP contribution >= 0.6 is 12.2 Å². The largest absolute Gasteiger partial charge is 0.502 e. The smallest absolute Gasteiger partial charge is 0.251 e. The van der Waals surface area contributed by atoms with Crippen LogP contribution in [0.3, 0.4) is 0 Å². The van der Waals surface area contributed by atoms with E-state index in [1.165, 1.54) is 10.5 Å². The van der Waals surface area contributed by atoms with Gasteiger partial charge in [0.2, 0.25) is 11.5 Å². The highest BCUT2D eigenvalue weighted by Crippen LogP contribution is 2.47.